The third kappa shape index (κ3) is 6.03. The minimum absolute atomic E-state index is 0.0885. The Balaban J connectivity index is 1.93. The molecule has 0 aliphatic rings. The third-order valence-electron chi connectivity index (χ3n) is 4.77. The van der Waals surface area contributed by atoms with Gasteiger partial charge < -0.3 is 19.7 Å². The van der Waals surface area contributed by atoms with E-state index in [9.17, 15) is 27.9 Å². The van der Waals surface area contributed by atoms with Crippen molar-refractivity contribution in [3.05, 3.63) is 67.2 Å². The smallest absolute Gasteiger partial charge is 0.323 e. The van der Waals surface area contributed by atoms with E-state index >= 15 is 0 Å². The lowest BCUT2D eigenvalue weighted by Crippen LogP contribution is -2.48. The zero-order chi connectivity index (χ0) is 25.9. The normalized spacial score (nSPS) is 12.2. The summed E-state index contributed by atoms with van der Waals surface area (Å²) in [6.45, 7) is -0.542. The molecule has 3 N–H and O–H groups in total. The summed E-state index contributed by atoms with van der Waals surface area (Å²) in [6.07, 6.45) is 1.40. The molecule has 3 aromatic rings. The molecule has 3 rings (SSSR count). The van der Waals surface area contributed by atoms with E-state index in [-0.39, 0.29) is 26.8 Å². The van der Waals surface area contributed by atoms with Crippen molar-refractivity contribution in [2.24, 2.45) is 7.05 Å². The maximum atomic E-state index is 13.2. The predicted octanol–water partition coefficient (Wildman–Crippen LogP) is 2.59. The van der Waals surface area contributed by atoms with Gasteiger partial charge >= 0.3 is 5.97 Å². The van der Waals surface area contributed by atoms with Crippen molar-refractivity contribution in [2.75, 3.05) is 13.7 Å². The number of carbonyl (C=O) groups excluding carboxylic acids is 1. The number of thiophene rings is 1. The molecule has 1 amide bonds. The van der Waals surface area contributed by atoms with E-state index < -0.39 is 44.9 Å². The number of hydrogen-bond acceptors (Lipinski definition) is 7. The Kier molecular flexibility index (Phi) is 8.23. The van der Waals surface area contributed by atoms with Gasteiger partial charge in [-0.1, -0.05) is 35.3 Å². The van der Waals surface area contributed by atoms with Crippen LogP contribution in [0, 0.1) is 0 Å². The summed E-state index contributed by atoms with van der Waals surface area (Å²) < 4.78 is 35.3. The molecular formula is C21H19Cl2N3O7S2. The highest BCUT2D eigenvalue weighted by molar-refractivity contribution is 7.89. The highest BCUT2D eigenvalue weighted by Crippen LogP contribution is 2.35. The first-order valence-corrected chi connectivity index (χ1v) is 12.8. The number of para-hydroxylation sites is 1. The van der Waals surface area contributed by atoms with Gasteiger partial charge in [-0.2, -0.15) is 4.72 Å². The van der Waals surface area contributed by atoms with Crippen LogP contribution in [0.5, 0.6) is 5.75 Å². The molecule has 0 spiro atoms. The van der Waals surface area contributed by atoms with Crippen LogP contribution in [0.2, 0.25) is 9.36 Å². The molecule has 0 aliphatic heterocycles. The number of benzene rings is 1. The number of rotatable bonds is 9. The van der Waals surface area contributed by atoms with Gasteiger partial charge in [-0.3, -0.25) is 14.4 Å². The molecule has 35 heavy (non-hydrogen) atoms. The minimum Gasteiger partial charge on any atom is -0.495 e. The van der Waals surface area contributed by atoms with E-state index in [4.69, 9.17) is 27.9 Å². The van der Waals surface area contributed by atoms with Gasteiger partial charge in [0.05, 0.1) is 26.9 Å². The van der Waals surface area contributed by atoms with Crippen molar-refractivity contribution in [3.63, 3.8) is 0 Å². The number of nitrogens with zero attached hydrogens (tertiary/aromatic N) is 1. The summed E-state index contributed by atoms with van der Waals surface area (Å²) in [5.41, 5.74) is -0.214. The van der Waals surface area contributed by atoms with Gasteiger partial charge in [0.25, 0.3) is 11.5 Å². The summed E-state index contributed by atoms with van der Waals surface area (Å²) in [5.74, 6) is -2.30. The van der Waals surface area contributed by atoms with Gasteiger partial charge in [-0.15, -0.1) is 11.3 Å². The van der Waals surface area contributed by atoms with Crippen LogP contribution in [0.1, 0.15) is 9.67 Å². The monoisotopic (exact) mass is 559 g/mol. The predicted molar refractivity (Wildman–Crippen MR) is 132 cm³/mol. The van der Waals surface area contributed by atoms with Crippen LogP contribution in [0.15, 0.2) is 52.3 Å². The number of amides is 1. The fraction of sp³-hybridized carbons (Fsp3) is 0.190. The Labute approximate surface area is 214 Å². The molecule has 0 bridgehead atoms. The lowest BCUT2D eigenvalue weighted by Gasteiger charge is -2.18. The number of ether oxygens (including phenoxy) is 1. The van der Waals surface area contributed by atoms with E-state index in [0.29, 0.717) is 4.34 Å². The Morgan fingerprint density at radius 2 is 1.91 bits per heavy atom. The number of methoxy groups -OCH3 is 1. The SMILES string of the molecule is COc1c(-c2cc(Cl)cn(C)c2=O)cccc1S(=O)(=O)N[C@@H](CNC(=O)c1ccc(Cl)s1)C(=O)O. The van der Waals surface area contributed by atoms with Gasteiger partial charge in [0.2, 0.25) is 10.0 Å². The zero-order valence-electron chi connectivity index (χ0n) is 18.2. The van der Waals surface area contributed by atoms with Crippen LogP contribution in [0.3, 0.4) is 0 Å². The molecule has 0 fully saturated rings. The first-order valence-electron chi connectivity index (χ1n) is 9.77. The Bertz CT molecular complexity index is 1450. The van der Waals surface area contributed by atoms with Gasteiger partial charge in [0.15, 0.2) is 0 Å². The number of pyridine rings is 1. The fourth-order valence-corrected chi connectivity index (χ4v) is 5.76. The van der Waals surface area contributed by atoms with E-state index in [1.165, 1.54) is 61.3 Å². The van der Waals surface area contributed by atoms with E-state index in [1.54, 1.807) is 0 Å². The maximum Gasteiger partial charge on any atom is 0.323 e. The molecule has 1 aromatic carbocycles. The molecule has 10 nitrogen and oxygen atoms in total. The van der Waals surface area contributed by atoms with Gasteiger partial charge in [-0.05, 0) is 24.3 Å². The van der Waals surface area contributed by atoms with Crippen molar-refractivity contribution in [1.82, 2.24) is 14.6 Å². The van der Waals surface area contributed by atoms with Crippen molar-refractivity contribution in [1.29, 1.82) is 0 Å². The Morgan fingerprint density at radius 3 is 2.51 bits per heavy atom. The average molecular weight is 560 g/mol. The van der Waals surface area contributed by atoms with Crippen molar-refractivity contribution in [2.45, 2.75) is 10.9 Å². The molecule has 0 saturated heterocycles. The van der Waals surface area contributed by atoms with E-state index in [1.807, 2.05) is 0 Å². The van der Waals surface area contributed by atoms with Crippen molar-refractivity contribution in [3.8, 4) is 16.9 Å². The van der Waals surface area contributed by atoms with Gasteiger partial charge in [0, 0.05) is 25.4 Å². The van der Waals surface area contributed by atoms with Crippen LogP contribution in [0.25, 0.3) is 11.1 Å². The molecule has 0 saturated carbocycles. The van der Waals surface area contributed by atoms with Crippen LogP contribution in [0.4, 0.5) is 0 Å². The number of carboxylic acid groups (broad SMARTS) is 1. The first-order chi connectivity index (χ1) is 16.4. The molecule has 0 aliphatic carbocycles. The summed E-state index contributed by atoms with van der Waals surface area (Å²) in [6, 6.07) is 6.69. The second-order valence-electron chi connectivity index (χ2n) is 7.15. The maximum absolute atomic E-state index is 13.2. The summed E-state index contributed by atoms with van der Waals surface area (Å²) in [7, 11) is -1.78. The van der Waals surface area contributed by atoms with Gasteiger partial charge in [0.1, 0.15) is 16.7 Å². The number of aliphatic carboxylic acids is 1. The minimum atomic E-state index is -4.49. The number of aromatic nitrogens is 1. The van der Waals surface area contributed by atoms with Crippen LogP contribution in [-0.2, 0) is 21.9 Å². The highest BCUT2D eigenvalue weighted by atomic mass is 35.5. The molecule has 0 unspecified atom stereocenters. The number of carboxylic acids is 1. The Morgan fingerprint density at radius 1 is 1.20 bits per heavy atom. The van der Waals surface area contributed by atoms with Gasteiger partial charge in [-0.25, -0.2) is 8.42 Å². The molecule has 2 heterocycles. The summed E-state index contributed by atoms with van der Waals surface area (Å²) in [5, 5.41) is 12.1. The zero-order valence-corrected chi connectivity index (χ0v) is 21.4. The number of halogens is 2. The number of hydrogen-bond donors (Lipinski definition) is 3. The Hall–Kier alpha value is -2.90. The second kappa shape index (κ2) is 10.8. The molecular weight excluding hydrogens is 541 g/mol. The molecule has 186 valence electrons. The fourth-order valence-electron chi connectivity index (χ4n) is 3.16. The first kappa shape index (κ1) is 26.7. The molecule has 0 radical (unpaired) electrons. The summed E-state index contributed by atoms with van der Waals surface area (Å²) in [4.78, 5) is 36.4. The standard InChI is InChI=1S/C21H19Cl2N3O7S2/c1-26-10-11(22)8-13(20(26)28)12-4-3-5-16(18(12)33-2)35(31,32)25-14(21(29)30)9-24-19(27)15-6-7-17(23)34-15/h3-8,10,14,25H,9H2,1-2H3,(H,24,27)(H,29,30)/t14-/m0/s1. The lowest BCUT2D eigenvalue weighted by atomic mass is 10.1. The number of nitrogens with one attached hydrogen (secondary N) is 2. The molecule has 1 atom stereocenters. The molecule has 14 heteroatoms. The van der Waals surface area contributed by atoms with Crippen LogP contribution < -0.4 is 20.3 Å². The van der Waals surface area contributed by atoms with E-state index in [2.05, 4.69) is 10.0 Å². The molecule has 2 aromatic heterocycles. The third-order valence-corrected chi connectivity index (χ3v) is 7.70. The number of sulfonamides is 1. The second-order valence-corrected chi connectivity index (χ2v) is 11.0. The number of carbonyl (C=O) groups is 2. The largest absolute Gasteiger partial charge is 0.495 e. The quantitative estimate of drug-likeness (QED) is 0.365. The average Bonchev–Trinajstić information content (AvgIpc) is 3.24. The van der Waals surface area contributed by atoms with Crippen molar-refractivity contribution >= 4 is 56.4 Å². The summed E-state index contributed by atoms with van der Waals surface area (Å²) >= 11 is 12.9. The number of aryl methyl sites for hydroxylation is 1. The lowest BCUT2D eigenvalue weighted by molar-refractivity contribution is -0.138. The van der Waals surface area contributed by atoms with Crippen LogP contribution in [-0.4, -0.2) is 49.7 Å². The van der Waals surface area contributed by atoms with E-state index in [0.717, 1.165) is 11.3 Å². The van der Waals surface area contributed by atoms with Crippen molar-refractivity contribution < 1.29 is 27.9 Å². The van der Waals surface area contributed by atoms with Crippen LogP contribution >= 0.6 is 34.5 Å². The topological polar surface area (TPSA) is 144 Å². The highest BCUT2D eigenvalue weighted by Gasteiger charge is 2.30.